The number of hydrogen-bond acceptors (Lipinski definition) is 22. The summed E-state index contributed by atoms with van der Waals surface area (Å²) < 4.78 is 82.2. The molecule has 0 amide bonds. The Morgan fingerprint density at radius 2 is 1.22 bits per heavy atom. The molecular weight excluding hydrogens is 784 g/mol. The third-order valence-electron chi connectivity index (χ3n) is 6.88. The highest BCUT2D eigenvalue weighted by Gasteiger charge is 2.50. The van der Waals surface area contributed by atoms with E-state index in [1.807, 2.05) is 0 Å². The molecule has 12 N–H and O–H groups in total. The minimum Gasteiger partial charge on any atom is -0.387 e. The maximum absolute atomic E-state index is 12.4. The van der Waals surface area contributed by atoms with Crippen LogP contribution in [-0.4, -0.2) is 119 Å². The molecule has 4 unspecified atom stereocenters. The van der Waals surface area contributed by atoms with Gasteiger partial charge in [-0.15, -0.1) is 0 Å². The molecule has 5 rings (SSSR count). The lowest BCUT2D eigenvalue weighted by molar-refractivity contribution is -0.0541. The van der Waals surface area contributed by atoms with E-state index in [1.165, 1.54) is 0 Å². The summed E-state index contributed by atoms with van der Waals surface area (Å²) in [7, 11) is -24.0. The molecule has 0 saturated carbocycles. The molecule has 2 saturated heterocycles. The van der Waals surface area contributed by atoms with Gasteiger partial charge in [-0.1, -0.05) is 0 Å². The van der Waals surface area contributed by atoms with Gasteiger partial charge >= 0.3 is 37.0 Å². The van der Waals surface area contributed by atoms with Gasteiger partial charge in [0.25, 0.3) is 0 Å². The van der Waals surface area contributed by atoms with Crippen LogP contribution >= 0.6 is 31.3 Å². The molecule has 51 heavy (non-hydrogen) atoms. The van der Waals surface area contributed by atoms with Crippen molar-refractivity contribution in [1.29, 1.82) is 0 Å². The summed E-state index contributed by atoms with van der Waals surface area (Å²) in [6.45, 7) is -2.29. The zero-order chi connectivity index (χ0) is 37.7. The van der Waals surface area contributed by atoms with E-state index >= 15 is 0 Å². The highest BCUT2D eigenvalue weighted by atomic mass is 31.3. The second-order valence-electron chi connectivity index (χ2n) is 10.4. The van der Waals surface area contributed by atoms with Crippen molar-refractivity contribution in [3.8, 4) is 0 Å². The number of aliphatic hydroxyl groups excluding tert-OH is 4. The highest BCUT2D eigenvalue weighted by molar-refractivity contribution is 7.69. The molecule has 0 aromatic carbocycles. The number of nitrogen functional groups attached to an aromatic ring is 2. The van der Waals surface area contributed by atoms with Crippen LogP contribution in [-0.2, 0) is 49.7 Å². The van der Waals surface area contributed by atoms with Crippen LogP contribution < -0.4 is 17.2 Å². The number of nitrogens with two attached hydrogens (primary N) is 2. The molecule has 32 heteroatoms. The molecule has 0 radical (unpaired) electrons. The third kappa shape index (κ3) is 9.12. The second kappa shape index (κ2) is 14.6. The monoisotopic (exact) mass is 812 g/mol. The number of phosphoric ester groups is 2. The van der Waals surface area contributed by atoms with Gasteiger partial charge in [0.1, 0.15) is 54.3 Å². The summed E-state index contributed by atoms with van der Waals surface area (Å²) in [5.41, 5.74) is 10.3. The van der Waals surface area contributed by atoms with Crippen molar-refractivity contribution in [3.63, 3.8) is 0 Å². The fourth-order valence-electron chi connectivity index (χ4n) is 4.67. The highest BCUT2D eigenvalue weighted by Crippen LogP contribution is 2.71. The molecule has 2 fully saturated rings. The largest absolute Gasteiger partial charge is 0.490 e. The number of aromatic nitrogens is 6. The number of imidazole rings is 1. The van der Waals surface area contributed by atoms with E-state index in [0.29, 0.717) is 0 Å². The Balaban J connectivity index is 1.13. The molecule has 284 valence electrons. The lowest BCUT2D eigenvalue weighted by Crippen LogP contribution is -2.36. The van der Waals surface area contributed by atoms with Gasteiger partial charge in [-0.25, -0.2) is 38.0 Å². The van der Waals surface area contributed by atoms with Crippen LogP contribution in [0.2, 0.25) is 0 Å². The Hall–Kier alpha value is -2.65. The quantitative estimate of drug-likeness (QED) is 0.0724. The van der Waals surface area contributed by atoms with Gasteiger partial charge < -0.3 is 60.9 Å². The predicted molar refractivity (Wildman–Crippen MR) is 159 cm³/mol. The summed E-state index contributed by atoms with van der Waals surface area (Å²) in [6.07, 6.45) is -10.3. The molecule has 28 nitrogen and oxygen atoms in total. The first kappa shape index (κ1) is 39.6. The van der Waals surface area contributed by atoms with Crippen molar-refractivity contribution in [2.24, 2.45) is 0 Å². The average Bonchev–Trinajstić information content (AvgIpc) is 3.64. The van der Waals surface area contributed by atoms with Crippen molar-refractivity contribution >= 4 is 54.1 Å². The summed E-state index contributed by atoms with van der Waals surface area (Å²) in [6, 6.07) is 1.15. The average molecular weight is 812 g/mol. The number of anilines is 2. The predicted octanol–water partition coefficient (Wildman–Crippen LogP) is -3.03. The molecule has 5 heterocycles. The van der Waals surface area contributed by atoms with E-state index < -0.39 is 99.3 Å². The van der Waals surface area contributed by atoms with Crippen LogP contribution in [0.5, 0.6) is 0 Å². The molecule has 0 spiro atoms. The third-order valence-corrected chi connectivity index (χ3v) is 12.8. The van der Waals surface area contributed by atoms with Crippen molar-refractivity contribution in [1.82, 2.24) is 29.1 Å². The fraction of sp³-hybridized carbons (Fsp3) is 0.526. The van der Waals surface area contributed by atoms with Crippen molar-refractivity contribution < 1.29 is 89.7 Å². The molecule has 3 aromatic rings. The molecule has 3 aromatic heterocycles. The SMILES string of the molecule is Nc1ccn([C@H]2O[C@H](COP(=O)(O)OP(=O)(O)OP(=O)(O)OP(=O)(O)OC[C@H]3O[C@H](n4cnc5c(N)ncnc54)[C@H](O)[C@@H]3O)[C@@H](O)[C@H]2O)c(=O)n1. The molecule has 0 aliphatic carbocycles. The van der Waals surface area contributed by atoms with E-state index in [0.717, 1.165) is 34.1 Å². The molecule has 2 aliphatic rings. The summed E-state index contributed by atoms with van der Waals surface area (Å²) in [5, 5.41) is 41.3. The van der Waals surface area contributed by atoms with Gasteiger partial charge in [0, 0.05) is 6.20 Å². The van der Waals surface area contributed by atoms with Crippen LogP contribution in [0, 0.1) is 0 Å². The number of nitrogens with zero attached hydrogens (tertiary/aromatic N) is 6. The molecule has 0 bridgehead atoms. The minimum atomic E-state index is -6.21. The number of fused-ring (bicyclic) bond motifs is 1. The van der Waals surface area contributed by atoms with Crippen LogP contribution in [0.25, 0.3) is 11.2 Å². The first-order chi connectivity index (χ1) is 23.6. The Bertz CT molecular complexity index is 2020. The molecule has 2 aliphatic heterocycles. The number of ether oxygens (including phenoxy) is 2. The smallest absolute Gasteiger partial charge is 0.387 e. The van der Waals surface area contributed by atoms with E-state index in [1.54, 1.807) is 0 Å². The standard InChI is InChI=1S/C19H28N8O20P4/c20-9-1-2-26(19(32)25-9)17-13(30)11(28)7(43-17)3-41-48(33,34)45-50(37,38)47-51(39,40)46-49(35,36)42-4-8-12(29)14(31)18(44-8)27-6-24-10-15(21)22-5-23-16(10)27/h1-2,5-8,11-14,17-18,28-31H,3-4H2,(H,33,34)(H,35,36)(H,37,38)(H,39,40)(H2,20,25,32)(H2,21,22,23)/t7-,8-,11-,12-,13-,14-,17+,18+/m1/s1. The number of phosphoric acid groups is 4. The van der Waals surface area contributed by atoms with E-state index in [9.17, 15) is 63.1 Å². The normalized spacial score (nSPS) is 31.5. The summed E-state index contributed by atoms with van der Waals surface area (Å²) in [4.78, 5) is 66.5. The van der Waals surface area contributed by atoms with E-state index in [-0.39, 0.29) is 22.8 Å². The van der Waals surface area contributed by atoms with Crippen LogP contribution in [0.15, 0.2) is 29.7 Å². The summed E-state index contributed by atoms with van der Waals surface area (Å²) in [5.74, 6) is -0.198. The Kier molecular flexibility index (Phi) is 11.4. The van der Waals surface area contributed by atoms with Crippen LogP contribution in [0.3, 0.4) is 0 Å². The Morgan fingerprint density at radius 1 is 0.725 bits per heavy atom. The van der Waals surface area contributed by atoms with Gasteiger partial charge in [-0.3, -0.25) is 18.2 Å². The van der Waals surface area contributed by atoms with Gasteiger partial charge in [0.05, 0.1) is 19.5 Å². The second-order valence-corrected chi connectivity index (χ2v) is 16.7. The molecular formula is C19H28N8O20P4. The van der Waals surface area contributed by atoms with Crippen LogP contribution in [0.4, 0.5) is 11.6 Å². The zero-order valence-corrected chi connectivity index (χ0v) is 28.5. The Labute approximate surface area is 282 Å². The van der Waals surface area contributed by atoms with Gasteiger partial charge in [0.2, 0.25) is 0 Å². The Morgan fingerprint density at radius 3 is 1.73 bits per heavy atom. The van der Waals surface area contributed by atoms with Gasteiger partial charge in [0.15, 0.2) is 23.9 Å². The van der Waals surface area contributed by atoms with Crippen molar-refractivity contribution in [2.45, 2.75) is 49.1 Å². The summed E-state index contributed by atoms with van der Waals surface area (Å²) >= 11 is 0. The zero-order valence-electron chi connectivity index (χ0n) is 24.9. The first-order valence-electron chi connectivity index (χ1n) is 13.6. The van der Waals surface area contributed by atoms with Gasteiger partial charge in [-0.2, -0.15) is 17.9 Å². The van der Waals surface area contributed by atoms with E-state index in [2.05, 4.69) is 41.9 Å². The lowest BCUT2D eigenvalue weighted by atomic mass is 10.1. The van der Waals surface area contributed by atoms with Gasteiger partial charge in [-0.05, 0) is 6.07 Å². The van der Waals surface area contributed by atoms with Crippen LogP contribution in [0.1, 0.15) is 12.5 Å². The van der Waals surface area contributed by atoms with E-state index in [4.69, 9.17) is 20.9 Å². The first-order valence-corrected chi connectivity index (χ1v) is 19.6. The number of hydrogen-bond donors (Lipinski definition) is 10. The molecule has 12 atom stereocenters. The topological polar surface area (TPSA) is 425 Å². The minimum absolute atomic E-state index is 0.0192. The fourth-order valence-corrected chi connectivity index (χ4v) is 9.62. The number of rotatable bonds is 14. The maximum atomic E-state index is 12.4. The van der Waals surface area contributed by atoms with Crippen molar-refractivity contribution in [2.75, 3.05) is 24.7 Å². The number of aliphatic hydroxyl groups is 4. The van der Waals surface area contributed by atoms with Crippen molar-refractivity contribution in [3.05, 3.63) is 35.4 Å². The maximum Gasteiger partial charge on any atom is 0.490 e. The lowest BCUT2D eigenvalue weighted by Gasteiger charge is -2.21.